The fraction of sp³-hybridized carbons (Fsp3) is 0.862. The Bertz CT molecular complexity index is 922. The summed E-state index contributed by atoms with van der Waals surface area (Å²) in [5.41, 5.74) is 3.28. The van der Waals surface area contributed by atoms with Crippen LogP contribution in [-0.4, -0.2) is 19.1 Å². The quantitative estimate of drug-likeness (QED) is 0.293. The molecule has 0 radical (unpaired) electrons. The zero-order valence-electron chi connectivity index (χ0n) is 22.3. The molecule has 4 aliphatic carbocycles. The van der Waals surface area contributed by atoms with E-state index in [0.717, 1.165) is 36.5 Å². The fourth-order valence-electron chi connectivity index (χ4n) is 9.30. The molecule has 0 spiro atoms. The molecule has 4 nitrogen and oxygen atoms in total. The maximum absolute atomic E-state index is 11.3. The van der Waals surface area contributed by atoms with E-state index >= 15 is 0 Å². The van der Waals surface area contributed by atoms with E-state index in [9.17, 15) is 8.42 Å². The van der Waals surface area contributed by atoms with Crippen LogP contribution in [0.2, 0.25) is 0 Å². The third kappa shape index (κ3) is 4.70. The largest absolute Gasteiger partial charge is 0.397 e. The van der Waals surface area contributed by atoms with Gasteiger partial charge in [0.25, 0.3) is 0 Å². The van der Waals surface area contributed by atoms with Gasteiger partial charge in [0.05, 0.1) is 6.10 Å². The molecule has 0 aliphatic heterocycles. The first-order valence-electron chi connectivity index (χ1n) is 13.8. The van der Waals surface area contributed by atoms with Gasteiger partial charge in [0.2, 0.25) is 0 Å². The minimum absolute atomic E-state index is 0.151. The van der Waals surface area contributed by atoms with Crippen LogP contribution in [0.25, 0.3) is 0 Å². The number of rotatable bonds is 7. The summed E-state index contributed by atoms with van der Waals surface area (Å²) in [6.45, 7) is 18.7. The first-order chi connectivity index (χ1) is 15.8. The molecule has 5 heteroatoms. The van der Waals surface area contributed by atoms with Crippen LogP contribution < -0.4 is 0 Å². The number of hydrogen-bond donors (Lipinski definition) is 1. The predicted molar refractivity (Wildman–Crippen MR) is 139 cm³/mol. The van der Waals surface area contributed by atoms with E-state index in [0.29, 0.717) is 36.0 Å². The second-order valence-corrected chi connectivity index (χ2v) is 14.2. The Balaban J connectivity index is 1.49. The molecule has 0 heterocycles. The second kappa shape index (κ2) is 9.34. The molecule has 0 aromatic rings. The molecule has 0 saturated heterocycles. The lowest BCUT2D eigenvalue weighted by molar-refractivity contribution is -0.0569. The van der Waals surface area contributed by atoms with E-state index in [1.54, 1.807) is 0 Å². The molecule has 4 rings (SSSR count). The molecule has 10 atom stereocenters. The third-order valence-corrected chi connectivity index (χ3v) is 12.0. The molecule has 0 aromatic heterocycles. The van der Waals surface area contributed by atoms with Crippen molar-refractivity contribution in [1.29, 1.82) is 0 Å². The predicted octanol–water partition coefficient (Wildman–Crippen LogP) is 7.63. The van der Waals surface area contributed by atoms with Gasteiger partial charge < -0.3 is 0 Å². The van der Waals surface area contributed by atoms with Crippen molar-refractivity contribution >= 4 is 10.4 Å². The van der Waals surface area contributed by atoms with Gasteiger partial charge in [0.1, 0.15) is 0 Å². The first kappa shape index (κ1) is 26.4. The highest BCUT2D eigenvalue weighted by atomic mass is 32.3. The van der Waals surface area contributed by atoms with Crippen molar-refractivity contribution in [2.24, 2.45) is 52.3 Å². The molecule has 10 unspecified atom stereocenters. The van der Waals surface area contributed by atoms with Crippen molar-refractivity contribution in [2.75, 3.05) is 0 Å². The highest BCUT2D eigenvalue weighted by Gasteiger charge is 2.59. The van der Waals surface area contributed by atoms with Crippen LogP contribution in [0, 0.1) is 52.3 Å². The Hall–Kier alpha value is -0.650. The molecular formula is C29H48O4S. The van der Waals surface area contributed by atoms with E-state index in [1.165, 1.54) is 43.3 Å². The summed E-state index contributed by atoms with van der Waals surface area (Å²) >= 11 is 0. The van der Waals surface area contributed by atoms with E-state index in [4.69, 9.17) is 8.74 Å². The van der Waals surface area contributed by atoms with Crippen molar-refractivity contribution in [3.05, 3.63) is 23.8 Å². The Morgan fingerprint density at radius 1 is 1.15 bits per heavy atom. The van der Waals surface area contributed by atoms with Crippen LogP contribution >= 0.6 is 0 Å². The Morgan fingerprint density at radius 3 is 2.50 bits per heavy atom. The number of allylic oxidation sites excluding steroid dienone is 2. The monoisotopic (exact) mass is 492 g/mol. The van der Waals surface area contributed by atoms with Crippen LogP contribution in [0.4, 0.5) is 0 Å². The lowest BCUT2D eigenvalue weighted by Crippen LogP contribution is -2.51. The SMILES string of the molecule is C=C(C)C(C)C(C)CC(C)C1CCC2C3CC=C4CC(OS(=O)(=O)O)CCC4(C)C3CCC12C. The summed E-state index contributed by atoms with van der Waals surface area (Å²) < 4.78 is 36.7. The molecular weight excluding hydrogens is 444 g/mol. The molecule has 194 valence electrons. The highest BCUT2D eigenvalue weighted by molar-refractivity contribution is 7.80. The highest BCUT2D eigenvalue weighted by Crippen LogP contribution is 2.67. The molecule has 0 amide bonds. The molecule has 0 aromatic carbocycles. The lowest BCUT2D eigenvalue weighted by atomic mass is 9.47. The van der Waals surface area contributed by atoms with Gasteiger partial charge in [0, 0.05) is 0 Å². The normalized spacial score (nSPS) is 42.6. The second-order valence-electron chi connectivity index (χ2n) is 13.2. The third-order valence-electron chi connectivity index (χ3n) is 11.5. The van der Waals surface area contributed by atoms with Crippen LogP contribution in [0.3, 0.4) is 0 Å². The van der Waals surface area contributed by atoms with Crippen molar-refractivity contribution < 1.29 is 17.2 Å². The maximum Gasteiger partial charge on any atom is 0.397 e. The van der Waals surface area contributed by atoms with Gasteiger partial charge in [-0.05, 0) is 117 Å². The Morgan fingerprint density at radius 2 is 1.85 bits per heavy atom. The van der Waals surface area contributed by atoms with Gasteiger partial charge >= 0.3 is 10.4 Å². The standard InChI is InChI=1S/C29H48O4S/c1-18(2)21(5)19(3)16-20(4)25-10-11-26-24-9-8-22-17-23(33-34(30,31)32)12-14-28(22,6)27(24)13-15-29(25,26)7/h8,19-21,23-27H,1,9-17H2,2-7H3,(H,30,31,32). The van der Waals surface area contributed by atoms with Crippen molar-refractivity contribution in [3.63, 3.8) is 0 Å². The van der Waals surface area contributed by atoms with Crippen LogP contribution in [0.1, 0.15) is 99.3 Å². The van der Waals surface area contributed by atoms with Crippen molar-refractivity contribution in [3.8, 4) is 0 Å². The van der Waals surface area contributed by atoms with E-state index in [1.807, 2.05) is 0 Å². The summed E-state index contributed by atoms with van der Waals surface area (Å²) in [6, 6.07) is 0. The average molecular weight is 493 g/mol. The summed E-state index contributed by atoms with van der Waals surface area (Å²) in [7, 11) is -4.39. The van der Waals surface area contributed by atoms with Gasteiger partial charge in [-0.1, -0.05) is 58.4 Å². The zero-order chi connectivity index (χ0) is 25.1. The lowest BCUT2D eigenvalue weighted by Gasteiger charge is -2.58. The van der Waals surface area contributed by atoms with Crippen molar-refractivity contribution in [2.45, 2.75) is 105 Å². The average Bonchev–Trinajstić information content (AvgIpc) is 3.09. The van der Waals surface area contributed by atoms with E-state index < -0.39 is 16.5 Å². The molecule has 34 heavy (non-hydrogen) atoms. The maximum atomic E-state index is 11.3. The van der Waals surface area contributed by atoms with Gasteiger partial charge in [-0.15, -0.1) is 0 Å². The van der Waals surface area contributed by atoms with E-state index in [2.05, 4.69) is 54.2 Å². The summed E-state index contributed by atoms with van der Waals surface area (Å²) in [5.74, 6) is 5.07. The van der Waals surface area contributed by atoms with Crippen LogP contribution in [0.15, 0.2) is 23.8 Å². The summed E-state index contributed by atoms with van der Waals surface area (Å²) in [4.78, 5) is 0. The minimum Gasteiger partial charge on any atom is -0.264 e. The molecule has 4 aliphatic rings. The molecule has 3 fully saturated rings. The smallest absolute Gasteiger partial charge is 0.264 e. The topological polar surface area (TPSA) is 63.6 Å². The van der Waals surface area contributed by atoms with Gasteiger partial charge in [-0.2, -0.15) is 8.42 Å². The summed E-state index contributed by atoms with van der Waals surface area (Å²) in [6.07, 6.45) is 12.1. The van der Waals surface area contributed by atoms with Gasteiger partial charge in [-0.25, -0.2) is 4.18 Å². The van der Waals surface area contributed by atoms with Crippen LogP contribution in [-0.2, 0) is 14.6 Å². The zero-order valence-corrected chi connectivity index (χ0v) is 23.2. The van der Waals surface area contributed by atoms with Crippen molar-refractivity contribution in [1.82, 2.24) is 0 Å². The molecule has 1 N–H and O–H groups in total. The fourth-order valence-corrected chi connectivity index (χ4v) is 9.81. The molecule has 0 bridgehead atoms. The van der Waals surface area contributed by atoms with Crippen LogP contribution in [0.5, 0.6) is 0 Å². The molecule has 3 saturated carbocycles. The minimum atomic E-state index is -4.39. The first-order valence-corrected chi connectivity index (χ1v) is 15.1. The Labute approximate surface area is 209 Å². The Kier molecular flexibility index (Phi) is 7.25. The van der Waals surface area contributed by atoms with Gasteiger partial charge in [-0.3, -0.25) is 4.55 Å². The summed E-state index contributed by atoms with van der Waals surface area (Å²) in [5, 5.41) is 0. The number of hydrogen-bond acceptors (Lipinski definition) is 3. The van der Waals surface area contributed by atoms with E-state index in [-0.39, 0.29) is 5.41 Å². The number of fused-ring (bicyclic) bond motifs is 5. The van der Waals surface area contributed by atoms with Gasteiger partial charge in [0.15, 0.2) is 0 Å².